The van der Waals surface area contributed by atoms with E-state index >= 15 is 0 Å². The quantitative estimate of drug-likeness (QED) is 0.171. The van der Waals surface area contributed by atoms with E-state index in [4.69, 9.17) is 4.74 Å². The fourth-order valence-corrected chi connectivity index (χ4v) is 6.12. The van der Waals surface area contributed by atoms with Crippen LogP contribution < -0.4 is 14.5 Å². The molecule has 0 N–H and O–H groups in total. The predicted octanol–water partition coefficient (Wildman–Crippen LogP) is 8.08. The van der Waals surface area contributed by atoms with Gasteiger partial charge in [0.2, 0.25) is 0 Å². The molecule has 0 saturated heterocycles. The van der Waals surface area contributed by atoms with Crippen molar-refractivity contribution in [1.82, 2.24) is 18.9 Å². The summed E-state index contributed by atoms with van der Waals surface area (Å²) in [5, 5.41) is 4.50. The van der Waals surface area contributed by atoms with Crippen LogP contribution in [0.15, 0.2) is 116 Å². The van der Waals surface area contributed by atoms with E-state index in [2.05, 4.69) is 103 Å². The summed E-state index contributed by atoms with van der Waals surface area (Å²) >= 11 is 0. The summed E-state index contributed by atoms with van der Waals surface area (Å²) in [5.41, 5.74) is 6.00. The Morgan fingerprint density at radius 3 is 2.57 bits per heavy atom. The minimum absolute atomic E-state index is 0. The van der Waals surface area contributed by atoms with Crippen molar-refractivity contribution < 1.29 is 25.8 Å². The summed E-state index contributed by atoms with van der Waals surface area (Å²) in [7, 11) is 2.06. The maximum Gasteiger partial charge on any atom is 0.137 e. The first-order valence-corrected chi connectivity index (χ1v) is 14.0. The zero-order chi connectivity index (χ0) is 28.5. The summed E-state index contributed by atoms with van der Waals surface area (Å²) < 4.78 is 10.6. The Labute approximate surface area is 267 Å². The van der Waals surface area contributed by atoms with E-state index in [0.29, 0.717) is 11.5 Å². The van der Waals surface area contributed by atoms with Gasteiger partial charge in [0.1, 0.15) is 11.5 Å². The van der Waals surface area contributed by atoms with E-state index < -0.39 is 0 Å². The van der Waals surface area contributed by atoms with Crippen molar-refractivity contribution in [2.24, 2.45) is 0 Å². The third-order valence-corrected chi connectivity index (χ3v) is 8.06. The van der Waals surface area contributed by atoms with Gasteiger partial charge in [-0.2, -0.15) is 18.8 Å². The number of fused-ring (bicyclic) bond motifs is 7. The standard InChI is InChI=1S/C36H23N6O.Pt/c1-39-23-41(36-30-22-40-18-17-38-35(40)19-24(30)12-15-32(36)39)25-7-6-8-26(20-25)43-27-13-14-29-28-9-2-3-10-31(28)42(33(29)21-27)34-11-4-5-16-37-34;/h2-19,22-23H,1H3;/q-3;. The van der Waals surface area contributed by atoms with E-state index in [1.165, 1.54) is 0 Å². The van der Waals surface area contributed by atoms with Crippen LogP contribution in [0.1, 0.15) is 0 Å². The number of imidazole rings is 1. The molecule has 0 bridgehead atoms. The average molecular weight is 751 g/mol. The molecule has 0 unspecified atom stereocenters. The number of anilines is 3. The van der Waals surface area contributed by atoms with Crippen LogP contribution in [0, 0.1) is 18.8 Å². The Morgan fingerprint density at radius 2 is 1.66 bits per heavy atom. The Hall–Kier alpha value is -5.13. The maximum atomic E-state index is 6.41. The van der Waals surface area contributed by atoms with Crippen molar-refractivity contribution in [3.05, 3.63) is 135 Å². The fourth-order valence-electron chi connectivity index (χ4n) is 6.12. The van der Waals surface area contributed by atoms with E-state index in [1.807, 2.05) is 67.1 Å². The van der Waals surface area contributed by atoms with Crippen molar-refractivity contribution in [2.75, 3.05) is 16.8 Å². The monoisotopic (exact) mass is 750 g/mol. The number of nitrogens with zero attached hydrogens (tertiary/aromatic N) is 6. The van der Waals surface area contributed by atoms with Crippen molar-refractivity contribution in [1.29, 1.82) is 0 Å². The molecule has 0 fully saturated rings. The van der Waals surface area contributed by atoms with Crippen LogP contribution in [0.2, 0.25) is 0 Å². The number of rotatable bonds is 4. The van der Waals surface area contributed by atoms with E-state index in [9.17, 15) is 0 Å². The number of aromatic nitrogens is 4. The molecule has 8 heteroatoms. The van der Waals surface area contributed by atoms with Gasteiger partial charge in [-0.15, -0.1) is 41.4 Å². The van der Waals surface area contributed by atoms with Crippen molar-refractivity contribution >= 4 is 55.3 Å². The maximum absolute atomic E-state index is 6.41. The third kappa shape index (κ3) is 4.08. The summed E-state index contributed by atoms with van der Waals surface area (Å²) in [4.78, 5) is 13.4. The first kappa shape index (κ1) is 26.5. The number of hydrogen-bond donors (Lipinski definition) is 0. The minimum atomic E-state index is 0. The Kier molecular flexibility index (Phi) is 6.17. The normalized spacial score (nSPS) is 12.8. The van der Waals surface area contributed by atoms with Gasteiger partial charge in [0.05, 0.1) is 0 Å². The molecule has 9 rings (SSSR count). The second-order valence-corrected chi connectivity index (χ2v) is 10.6. The zero-order valence-electron chi connectivity index (χ0n) is 23.5. The van der Waals surface area contributed by atoms with E-state index in [1.54, 1.807) is 0 Å². The molecule has 0 radical (unpaired) electrons. The topological polar surface area (TPSA) is 50.8 Å². The van der Waals surface area contributed by atoms with Gasteiger partial charge >= 0.3 is 0 Å². The van der Waals surface area contributed by atoms with Gasteiger partial charge in [0.15, 0.2) is 0 Å². The summed E-state index contributed by atoms with van der Waals surface area (Å²) in [6.07, 6.45) is 7.75. The molecule has 4 aromatic carbocycles. The molecule has 44 heavy (non-hydrogen) atoms. The summed E-state index contributed by atoms with van der Waals surface area (Å²) in [6, 6.07) is 37.7. The van der Waals surface area contributed by atoms with E-state index in [-0.39, 0.29) is 21.1 Å². The molecule has 5 heterocycles. The largest absolute Gasteiger partial charge is 0.509 e. The van der Waals surface area contributed by atoms with Gasteiger partial charge in [-0.05, 0) is 48.2 Å². The van der Waals surface area contributed by atoms with Crippen LogP contribution in [-0.4, -0.2) is 26.0 Å². The van der Waals surface area contributed by atoms with Gasteiger partial charge in [0.25, 0.3) is 0 Å². The number of hydrogen-bond acceptors (Lipinski definition) is 5. The molecule has 0 aliphatic carbocycles. The van der Waals surface area contributed by atoms with Crippen molar-refractivity contribution in [3.63, 3.8) is 0 Å². The molecule has 1 aliphatic heterocycles. The molecular weight excluding hydrogens is 728 g/mol. The predicted molar refractivity (Wildman–Crippen MR) is 170 cm³/mol. The van der Waals surface area contributed by atoms with Crippen LogP contribution in [0.25, 0.3) is 44.0 Å². The molecule has 0 spiro atoms. The molecule has 8 aromatic rings. The first-order chi connectivity index (χ1) is 21.2. The molecule has 7 nitrogen and oxygen atoms in total. The van der Waals surface area contributed by atoms with Gasteiger partial charge < -0.3 is 23.5 Å². The SMILES string of the molecule is CN1[CH-]N(c2[c-]c(Oc3[c-]c4c(cc3)c3ccccc3n4-c3ccccn3)ccc2)c2c1ccc1cc3nccn3cc21.[Pt]. The van der Waals surface area contributed by atoms with Crippen LogP contribution in [0.3, 0.4) is 0 Å². The Balaban J connectivity index is 0.00000289. The molecule has 1 aliphatic rings. The molecule has 0 atom stereocenters. The Bertz CT molecular complexity index is 2350. The van der Waals surface area contributed by atoms with Gasteiger partial charge in [0, 0.05) is 79.6 Å². The molecule has 0 saturated carbocycles. The second-order valence-electron chi connectivity index (χ2n) is 10.6. The zero-order valence-corrected chi connectivity index (χ0v) is 25.7. The third-order valence-electron chi connectivity index (χ3n) is 8.06. The van der Waals surface area contributed by atoms with Crippen molar-refractivity contribution in [2.45, 2.75) is 0 Å². The number of para-hydroxylation sites is 1. The van der Waals surface area contributed by atoms with Crippen LogP contribution in [0.4, 0.5) is 17.1 Å². The number of ether oxygens (including phenoxy) is 1. The van der Waals surface area contributed by atoms with E-state index in [0.717, 1.165) is 61.1 Å². The van der Waals surface area contributed by atoms with Crippen LogP contribution >= 0.6 is 0 Å². The molecule has 4 aromatic heterocycles. The summed E-state index contributed by atoms with van der Waals surface area (Å²) in [6.45, 7) is 2.08. The average Bonchev–Trinajstić information content (AvgIpc) is 3.74. The smallest absolute Gasteiger partial charge is 0.137 e. The van der Waals surface area contributed by atoms with Gasteiger partial charge in [-0.25, -0.2) is 9.97 Å². The fraction of sp³-hybridized carbons (Fsp3) is 0.0278. The molecule has 216 valence electrons. The van der Waals surface area contributed by atoms with Crippen molar-refractivity contribution in [3.8, 4) is 17.3 Å². The van der Waals surface area contributed by atoms with Gasteiger partial charge in [-0.1, -0.05) is 35.8 Å². The molecular formula is C36H23N6OPt-3. The van der Waals surface area contributed by atoms with Crippen LogP contribution in [0.5, 0.6) is 11.5 Å². The van der Waals surface area contributed by atoms with Crippen LogP contribution in [-0.2, 0) is 21.1 Å². The van der Waals surface area contributed by atoms with Gasteiger partial charge in [-0.3, -0.25) is 0 Å². The number of pyridine rings is 2. The minimum Gasteiger partial charge on any atom is -0.509 e. The summed E-state index contributed by atoms with van der Waals surface area (Å²) in [5.74, 6) is 2.05. The first-order valence-electron chi connectivity index (χ1n) is 14.0. The molecule has 0 amide bonds. The number of benzene rings is 4. The second kappa shape index (κ2) is 10.2. The Morgan fingerprint density at radius 1 is 0.773 bits per heavy atom.